The topological polar surface area (TPSA) is 84.9 Å². The molecule has 3 amide bonds. The highest BCUT2D eigenvalue weighted by Crippen LogP contribution is 2.32. The number of anilines is 1. The summed E-state index contributed by atoms with van der Waals surface area (Å²) in [5.74, 6) is 0.529. The number of nitrogens with one attached hydrogen (secondary N) is 1. The normalized spacial score (nSPS) is 14.3. The van der Waals surface area contributed by atoms with E-state index in [2.05, 4.69) is 5.32 Å². The summed E-state index contributed by atoms with van der Waals surface area (Å²) in [6, 6.07) is 22.0. The number of nitrogens with zero attached hydrogens (tertiary/aromatic N) is 1. The smallest absolute Gasteiger partial charge is 0.293 e. The number of rotatable bonds is 9. The molecular formula is C28H26N2O5S. The average Bonchev–Trinajstić information content (AvgIpc) is 3.13. The molecule has 1 aliphatic rings. The monoisotopic (exact) mass is 502 g/mol. The molecule has 1 N–H and O–H groups in total. The lowest BCUT2D eigenvalue weighted by Crippen LogP contribution is -2.32. The van der Waals surface area contributed by atoms with E-state index in [0.29, 0.717) is 22.0 Å². The summed E-state index contributed by atoms with van der Waals surface area (Å²) in [5.41, 5.74) is 3.53. The summed E-state index contributed by atoms with van der Waals surface area (Å²) in [4.78, 5) is 39.0. The number of carbonyl (C=O) groups is 3. The Balaban J connectivity index is 1.32. The Kier molecular flexibility index (Phi) is 8.07. The lowest BCUT2D eigenvalue weighted by molar-refractivity contribution is -0.123. The number of imide groups is 1. The summed E-state index contributed by atoms with van der Waals surface area (Å²) >= 11 is 0.889. The van der Waals surface area contributed by atoms with Gasteiger partial charge in [-0.05, 0) is 73.1 Å². The highest BCUT2D eigenvalue weighted by molar-refractivity contribution is 8.18. The van der Waals surface area contributed by atoms with Crippen molar-refractivity contribution in [1.29, 1.82) is 0 Å². The zero-order chi connectivity index (χ0) is 25.5. The largest absolute Gasteiger partial charge is 0.492 e. The van der Waals surface area contributed by atoms with Crippen molar-refractivity contribution < 1.29 is 23.9 Å². The van der Waals surface area contributed by atoms with Gasteiger partial charge in [0.15, 0.2) is 6.61 Å². The van der Waals surface area contributed by atoms with Crippen LogP contribution in [0.3, 0.4) is 0 Å². The molecule has 1 fully saturated rings. The molecule has 4 rings (SSSR count). The molecule has 3 aromatic rings. The van der Waals surface area contributed by atoms with Crippen molar-refractivity contribution in [2.45, 2.75) is 13.8 Å². The van der Waals surface area contributed by atoms with Crippen molar-refractivity contribution in [3.05, 3.63) is 94.4 Å². The van der Waals surface area contributed by atoms with Crippen LogP contribution in [0.15, 0.2) is 77.7 Å². The van der Waals surface area contributed by atoms with E-state index in [1.54, 1.807) is 30.3 Å². The first-order valence-corrected chi connectivity index (χ1v) is 12.2. The summed E-state index contributed by atoms with van der Waals surface area (Å²) in [6.45, 7) is 4.15. The number of thioether (sulfide) groups is 1. The number of hydrogen-bond donors (Lipinski definition) is 1. The highest BCUT2D eigenvalue weighted by Gasteiger charge is 2.34. The van der Waals surface area contributed by atoms with Gasteiger partial charge >= 0.3 is 0 Å². The fraction of sp³-hybridized carbons (Fsp3) is 0.179. The summed E-state index contributed by atoms with van der Waals surface area (Å²) in [6.07, 6.45) is 1.64. The van der Waals surface area contributed by atoms with Crippen LogP contribution in [0.1, 0.15) is 16.7 Å². The van der Waals surface area contributed by atoms with Crippen LogP contribution in [0, 0.1) is 13.8 Å². The van der Waals surface area contributed by atoms with Crippen LogP contribution >= 0.6 is 11.8 Å². The van der Waals surface area contributed by atoms with Crippen LogP contribution in [-0.2, 0) is 9.59 Å². The molecule has 8 heteroatoms. The molecule has 0 spiro atoms. The van der Waals surface area contributed by atoms with E-state index in [0.717, 1.165) is 28.6 Å². The SMILES string of the molecule is Cc1ccc(NC(=O)COc2cccc(/C=C3\SC(=O)N(CCOc4ccccc4)C3=O)c2)c(C)c1. The number of amides is 3. The number of hydrogen-bond acceptors (Lipinski definition) is 6. The van der Waals surface area contributed by atoms with E-state index in [-0.39, 0.29) is 36.8 Å². The first kappa shape index (κ1) is 25.1. The van der Waals surface area contributed by atoms with Crippen LogP contribution < -0.4 is 14.8 Å². The number of benzene rings is 3. The van der Waals surface area contributed by atoms with E-state index >= 15 is 0 Å². The van der Waals surface area contributed by atoms with Crippen molar-refractivity contribution in [2.75, 3.05) is 25.1 Å². The minimum atomic E-state index is -0.360. The number of para-hydroxylation sites is 1. The molecule has 0 bridgehead atoms. The molecule has 0 saturated carbocycles. The van der Waals surface area contributed by atoms with Gasteiger partial charge in [0.1, 0.15) is 18.1 Å². The van der Waals surface area contributed by atoms with Crippen molar-refractivity contribution in [3.8, 4) is 11.5 Å². The molecule has 3 aromatic carbocycles. The van der Waals surface area contributed by atoms with Crippen LogP contribution in [0.5, 0.6) is 11.5 Å². The van der Waals surface area contributed by atoms with Gasteiger partial charge in [-0.1, -0.05) is 48.0 Å². The maximum Gasteiger partial charge on any atom is 0.293 e. The van der Waals surface area contributed by atoms with Gasteiger partial charge in [0.05, 0.1) is 11.4 Å². The van der Waals surface area contributed by atoms with Gasteiger partial charge in [-0.15, -0.1) is 0 Å². The minimum absolute atomic E-state index is 0.158. The molecule has 0 aliphatic carbocycles. The third-order valence-electron chi connectivity index (χ3n) is 5.38. The van der Waals surface area contributed by atoms with E-state index in [1.807, 2.05) is 62.4 Å². The second-order valence-electron chi connectivity index (χ2n) is 8.22. The fourth-order valence-electron chi connectivity index (χ4n) is 3.60. The van der Waals surface area contributed by atoms with E-state index < -0.39 is 0 Å². The van der Waals surface area contributed by atoms with E-state index in [1.165, 1.54) is 4.90 Å². The van der Waals surface area contributed by atoms with E-state index in [4.69, 9.17) is 9.47 Å². The molecule has 0 atom stereocenters. The van der Waals surface area contributed by atoms with E-state index in [9.17, 15) is 14.4 Å². The molecule has 7 nitrogen and oxygen atoms in total. The third-order valence-corrected chi connectivity index (χ3v) is 6.29. The van der Waals surface area contributed by atoms with Gasteiger partial charge in [-0.2, -0.15) is 0 Å². The molecule has 0 radical (unpaired) electrons. The number of carbonyl (C=O) groups excluding carboxylic acids is 3. The summed E-state index contributed by atoms with van der Waals surface area (Å²) < 4.78 is 11.3. The second kappa shape index (κ2) is 11.6. The third kappa shape index (κ3) is 6.55. The minimum Gasteiger partial charge on any atom is -0.492 e. The Morgan fingerprint density at radius 3 is 2.50 bits per heavy atom. The highest BCUT2D eigenvalue weighted by atomic mass is 32.2. The molecule has 0 aromatic heterocycles. The molecule has 36 heavy (non-hydrogen) atoms. The van der Waals surface area contributed by atoms with Gasteiger partial charge < -0.3 is 14.8 Å². The molecule has 0 unspecified atom stereocenters. The van der Waals surface area contributed by atoms with Gasteiger partial charge in [-0.3, -0.25) is 19.3 Å². The summed E-state index contributed by atoms with van der Waals surface area (Å²) in [5, 5.41) is 2.51. The molecular weight excluding hydrogens is 476 g/mol. The average molecular weight is 503 g/mol. The predicted molar refractivity (Wildman–Crippen MR) is 141 cm³/mol. The van der Waals surface area contributed by atoms with Crippen molar-refractivity contribution >= 4 is 40.6 Å². The van der Waals surface area contributed by atoms with Gasteiger partial charge in [0, 0.05) is 5.69 Å². The zero-order valence-electron chi connectivity index (χ0n) is 20.0. The zero-order valence-corrected chi connectivity index (χ0v) is 20.8. The lowest BCUT2D eigenvalue weighted by atomic mass is 10.1. The van der Waals surface area contributed by atoms with Gasteiger partial charge in [0.2, 0.25) is 0 Å². The molecule has 1 heterocycles. The van der Waals surface area contributed by atoms with Crippen LogP contribution in [-0.4, -0.2) is 41.7 Å². The molecule has 184 valence electrons. The van der Waals surface area contributed by atoms with Crippen LogP contribution in [0.4, 0.5) is 10.5 Å². The Hall–Kier alpha value is -4.04. The first-order valence-electron chi connectivity index (χ1n) is 11.4. The van der Waals surface area contributed by atoms with Crippen molar-refractivity contribution in [1.82, 2.24) is 4.90 Å². The fourth-order valence-corrected chi connectivity index (χ4v) is 4.46. The van der Waals surface area contributed by atoms with Crippen LogP contribution in [0.25, 0.3) is 6.08 Å². The second-order valence-corrected chi connectivity index (χ2v) is 9.22. The Morgan fingerprint density at radius 2 is 1.72 bits per heavy atom. The quantitative estimate of drug-likeness (QED) is 0.393. The number of ether oxygens (including phenoxy) is 2. The number of aryl methyl sites for hydroxylation is 2. The van der Waals surface area contributed by atoms with Crippen LogP contribution in [0.2, 0.25) is 0 Å². The van der Waals surface area contributed by atoms with Gasteiger partial charge in [-0.25, -0.2) is 0 Å². The Bertz CT molecular complexity index is 1310. The van der Waals surface area contributed by atoms with Crippen molar-refractivity contribution in [2.24, 2.45) is 0 Å². The van der Waals surface area contributed by atoms with Crippen molar-refractivity contribution in [3.63, 3.8) is 0 Å². The maximum atomic E-state index is 12.8. The Morgan fingerprint density at radius 1 is 0.944 bits per heavy atom. The maximum absolute atomic E-state index is 12.8. The molecule has 1 aliphatic heterocycles. The predicted octanol–water partition coefficient (Wildman–Crippen LogP) is 5.44. The molecule has 1 saturated heterocycles. The Labute approximate surface area is 214 Å². The first-order chi connectivity index (χ1) is 17.4. The summed E-state index contributed by atoms with van der Waals surface area (Å²) in [7, 11) is 0. The van der Waals surface area contributed by atoms with Gasteiger partial charge in [0.25, 0.3) is 17.1 Å². The lowest BCUT2D eigenvalue weighted by Gasteiger charge is -2.13. The standard InChI is InChI=1S/C28H26N2O5S/c1-19-11-12-24(20(2)15-19)29-26(31)18-35-23-10-6-7-21(16-23)17-25-27(32)30(28(33)36-25)13-14-34-22-8-4-3-5-9-22/h3-12,15-17H,13-14,18H2,1-2H3,(H,29,31)/b25-17-.